The lowest BCUT2D eigenvalue weighted by atomic mass is 9.89. The highest BCUT2D eigenvalue weighted by Gasteiger charge is 2.14. The highest BCUT2D eigenvalue weighted by Crippen LogP contribution is 2.23. The summed E-state index contributed by atoms with van der Waals surface area (Å²) in [5, 5.41) is 5.50. The number of carbonyl (C=O) groups is 3. The van der Waals surface area contributed by atoms with Gasteiger partial charge in [-0.15, -0.1) is 0 Å². The third-order valence-electron chi connectivity index (χ3n) is 5.40. The van der Waals surface area contributed by atoms with Gasteiger partial charge in [0.2, 0.25) is 5.91 Å². The first-order valence-electron chi connectivity index (χ1n) is 10.5. The number of amides is 2. The van der Waals surface area contributed by atoms with Crippen molar-refractivity contribution < 1.29 is 18.8 Å². The van der Waals surface area contributed by atoms with Gasteiger partial charge < -0.3 is 15.1 Å². The summed E-state index contributed by atoms with van der Waals surface area (Å²) in [4.78, 5) is 37.0. The number of furan rings is 1. The first kappa shape index (κ1) is 20.6. The van der Waals surface area contributed by atoms with Gasteiger partial charge >= 0.3 is 0 Å². The number of fused-ring (bicyclic) bond motifs is 1. The Kier molecular flexibility index (Phi) is 6.26. The molecule has 0 saturated heterocycles. The topological polar surface area (TPSA) is 88.4 Å². The minimum absolute atomic E-state index is 0.0250. The van der Waals surface area contributed by atoms with Gasteiger partial charge in [0.15, 0.2) is 11.5 Å². The van der Waals surface area contributed by atoms with E-state index in [4.69, 9.17) is 4.42 Å². The van der Waals surface area contributed by atoms with Crippen LogP contribution in [-0.4, -0.2) is 17.6 Å². The second kappa shape index (κ2) is 9.43. The van der Waals surface area contributed by atoms with Crippen LogP contribution in [0.5, 0.6) is 0 Å². The summed E-state index contributed by atoms with van der Waals surface area (Å²) in [5.41, 5.74) is 4.35. The standard InChI is InChI=1S/C25H24N2O4/c28-22(19-11-10-17-5-1-2-6-18(17)15-19)12-13-24(29)26-20-7-3-8-21(16-20)27-25(30)23-9-4-14-31-23/h3-4,7-11,14-16H,1-2,5-6,12-13H2,(H,26,29)(H,27,30). The zero-order chi connectivity index (χ0) is 21.6. The molecule has 1 aromatic heterocycles. The molecule has 6 heteroatoms. The van der Waals surface area contributed by atoms with E-state index in [1.54, 1.807) is 36.4 Å². The number of nitrogens with one attached hydrogen (secondary N) is 2. The van der Waals surface area contributed by atoms with Gasteiger partial charge in [0.1, 0.15) is 0 Å². The number of Topliss-reactive ketones (excluding diaryl/α,β-unsaturated/α-hetero) is 1. The average Bonchev–Trinajstić information content (AvgIpc) is 3.32. The molecule has 6 nitrogen and oxygen atoms in total. The normalized spacial score (nSPS) is 12.6. The molecule has 0 fully saturated rings. The first-order valence-corrected chi connectivity index (χ1v) is 10.5. The number of hydrogen-bond acceptors (Lipinski definition) is 4. The summed E-state index contributed by atoms with van der Waals surface area (Å²) < 4.78 is 5.07. The van der Waals surface area contributed by atoms with Crippen molar-refractivity contribution in [2.24, 2.45) is 0 Å². The van der Waals surface area contributed by atoms with E-state index in [0.717, 1.165) is 19.3 Å². The molecule has 31 heavy (non-hydrogen) atoms. The highest BCUT2D eigenvalue weighted by molar-refractivity contribution is 6.03. The minimum Gasteiger partial charge on any atom is -0.459 e. The maximum atomic E-state index is 12.5. The molecule has 0 atom stereocenters. The van der Waals surface area contributed by atoms with E-state index in [-0.39, 0.29) is 36.2 Å². The zero-order valence-electron chi connectivity index (χ0n) is 17.1. The van der Waals surface area contributed by atoms with Gasteiger partial charge in [-0.2, -0.15) is 0 Å². The smallest absolute Gasteiger partial charge is 0.291 e. The summed E-state index contributed by atoms with van der Waals surface area (Å²) in [5.74, 6) is -0.442. The molecule has 0 aliphatic heterocycles. The summed E-state index contributed by atoms with van der Waals surface area (Å²) >= 11 is 0. The lowest BCUT2D eigenvalue weighted by Crippen LogP contribution is -2.15. The predicted octanol–water partition coefficient (Wildman–Crippen LogP) is 5.01. The van der Waals surface area contributed by atoms with Gasteiger partial charge in [0, 0.05) is 29.8 Å². The van der Waals surface area contributed by atoms with E-state index in [2.05, 4.69) is 10.6 Å². The average molecular weight is 416 g/mol. The maximum absolute atomic E-state index is 12.5. The van der Waals surface area contributed by atoms with E-state index in [1.165, 1.54) is 23.8 Å². The Bertz CT molecular complexity index is 1100. The van der Waals surface area contributed by atoms with Crippen molar-refractivity contribution in [2.45, 2.75) is 38.5 Å². The highest BCUT2D eigenvalue weighted by atomic mass is 16.3. The molecule has 0 bridgehead atoms. The maximum Gasteiger partial charge on any atom is 0.291 e. The Hall–Kier alpha value is -3.67. The van der Waals surface area contributed by atoms with Gasteiger partial charge in [0.05, 0.1) is 6.26 Å². The fourth-order valence-corrected chi connectivity index (χ4v) is 3.78. The Balaban J connectivity index is 1.30. The fourth-order valence-electron chi connectivity index (χ4n) is 3.78. The Morgan fingerprint density at radius 1 is 0.806 bits per heavy atom. The summed E-state index contributed by atoms with van der Waals surface area (Å²) in [6.45, 7) is 0. The van der Waals surface area contributed by atoms with Gasteiger partial charge in [0.25, 0.3) is 5.91 Å². The molecule has 1 aliphatic rings. The fraction of sp³-hybridized carbons (Fsp3) is 0.240. The van der Waals surface area contributed by atoms with E-state index in [1.807, 2.05) is 18.2 Å². The molecule has 158 valence electrons. The number of rotatable bonds is 7. The van der Waals surface area contributed by atoms with Crippen LogP contribution in [0.3, 0.4) is 0 Å². The summed E-state index contributed by atoms with van der Waals surface area (Å²) in [6.07, 6.45) is 6.13. The van der Waals surface area contributed by atoms with Crippen molar-refractivity contribution in [1.82, 2.24) is 0 Å². The zero-order valence-corrected chi connectivity index (χ0v) is 17.1. The van der Waals surface area contributed by atoms with E-state index in [0.29, 0.717) is 16.9 Å². The van der Waals surface area contributed by atoms with Crippen LogP contribution in [0, 0.1) is 0 Å². The first-order chi connectivity index (χ1) is 15.1. The van der Waals surface area contributed by atoms with Gasteiger partial charge in [-0.1, -0.05) is 18.2 Å². The molecule has 2 aromatic carbocycles. The molecule has 3 aromatic rings. The summed E-state index contributed by atoms with van der Waals surface area (Å²) in [6, 6.07) is 15.9. The van der Waals surface area contributed by atoms with Crippen LogP contribution in [0.15, 0.2) is 65.3 Å². The van der Waals surface area contributed by atoms with Crippen molar-refractivity contribution in [3.63, 3.8) is 0 Å². The molecular weight excluding hydrogens is 392 g/mol. The van der Waals surface area contributed by atoms with Crippen molar-refractivity contribution in [2.75, 3.05) is 10.6 Å². The van der Waals surface area contributed by atoms with Crippen molar-refractivity contribution >= 4 is 29.0 Å². The van der Waals surface area contributed by atoms with E-state index in [9.17, 15) is 14.4 Å². The van der Waals surface area contributed by atoms with Crippen LogP contribution in [0.4, 0.5) is 11.4 Å². The van der Waals surface area contributed by atoms with Crippen molar-refractivity contribution in [1.29, 1.82) is 0 Å². The van der Waals surface area contributed by atoms with Crippen LogP contribution < -0.4 is 10.6 Å². The largest absolute Gasteiger partial charge is 0.459 e. The molecule has 0 saturated carbocycles. The molecule has 0 spiro atoms. The summed E-state index contributed by atoms with van der Waals surface area (Å²) in [7, 11) is 0. The Labute approximate surface area is 180 Å². The quantitative estimate of drug-likeness (QED) is 0.530. The second-order valence-electron chi connectivity index (χ2n) is 7.67. The van der Waals surface area contributed by atoms with Crippen LogP contribution >= 0.6 is 0 Å². The third kappa shape index (κ3) is 5.28. The number of benzene rings is 2. The Morgan fingerprint density at radius 2 is 1.58 bits per heavy atom. The van der Waals surface area contributed by atoms with E-state index < -0.39 is 0 Å². The number of hydrogen-bond donors (Lipinski definition) is 2. The lowest BCUT2D eigenvalue weighted by molar-refractivity contribution is -0.116. The second-order valence-corrected chi connectivity index (χ2v) is 7.67. The van der Waals surface area contributed by atoms with Crippen LogP contribution in [0.25, 0.3) is 0 Å². The SMILES string of the molecule is O=C(CCC(=O)c1ccc2c(c1)CCCC2)Nc1cccc(NC(=O)c2ccco2)c1. The van der Waals surface area contributed by atoms with Crippen molar-refractivity contribution in [3.8, 4) is 0 Å². The van der Waals surface area contributed by atoms with Gasteiger partial charge in [-0.05, 0) is 73.2 Å². The predicted molar refractivity (Wildman–Crippen MR) is 118 cm³/mol. The molecule has 2 N–H and O–H groups in total. The minimum atomic E-state index is -0.371. The van der Waals surface area contributed by atoms with E-state index >= 15 is 0 Å². The molecule has 2 amide bonds. The molecule has 1 heterocycles. The molecule has 4 rings (SSSR count). The number of aryl methyl sites for hydroxylation is 2. The molecular formula is C25H24N2O4. The van der Waals surface area contributed by atoms with Crippen LogP contribution in [0.2, 0.25) is 0 Å². The van der Waals surface area contributed by atoms with Crippen LogP contribution in [-0.2, 0) is 17.6 Å². The lowest BCUT2D eigenvalue weighted by Gasteiger charge is -2.16. The van der Waals surface area contributed by atoms with Crippen LogP contribution in [0.1, 0.15) is 57.7 Å². The Morgan fingerprint density at radius 3 is 2.35 bits per heavy atom. The monoisotopic (exact) mass is 416 g/mol. The van der Waals surface area contributed by atoms with Gasteiger partial charge in [-0.3, -0.25) is 14.4 Å². The molecule has 0 radical (unpaired) electrons. The van der Waals surface area contributed by atoms with Gasteiger partial charge in [-0.25, -0.2) is 0 Å². The van der Waals surface area contributed by atoms with Crippen molar-refractivity contribution in [3.05, 3.63) is 83.3 Å². The number of anilines is 2. The number of carbonyl (C=O) groups excluding carboxylic acids is 3. The number of ketones is 1. The molecule has 1 aliphatic carbocycles. The third-order valence-corrected chi connectivity index (χ3v) is 5.40. The molecule has 0 unspecified atom stereocenters.